The van der Waals surface area contributed by atoms with Gasteiger partial charge < -0.3 is 10.1 Å². The van der Waals surface area contributed by atoms with E-state index in [-0.39, 0.29) is 5.60 Å². The molecule has 0 amide bonds. The number of nitrogens with one attached hydrogen (secondary N) is 1. The lowest BCUT2D eigenvalue weighted by molar-refractivity contribution is -0.0885. The lowest BCUT2D eigenvalue weighted by atomic mass is 10.1. The summed E-state index contributed by atoms with van der Waals surface area (Å²) in [6.07, 6.45) is 0. The van der Waals surface area contributed by atoms with Crippen LogP contribution in [0.15, 0.2) is 18.2 Å². The minimum atomic E-state index is -0.0408. The zero-order chi connectivity index (χ0) is 13.0. The third-order valence-corrected chi connectivity index (χ3v) is 3.11. The Bertz CT molecular complexity index is 392. The summed E-state index contributed by atoms with van der Waals surface area (Å²) in [6.45, 7) is 8.77. The Kier molecular flexibility index (Phi) is 4.32. The van der Waals surface area contributed by atoms with Gasteiger partial charge in [-0.3, -0.25) is 9.88 Å². The molecule has 1 aliphatic rings. The molecular weight excluding hydrogens is 226 g/mol. The van der Waals surface area contributed by atoms with Gasteiger partial charge in [-0.1, -0.05) is 6.07 Å². The van der Waals surface area contributed by atoms with Gasteiger partial charge >= 0.3 is 0 Å². The van der Waals surface area contributed by atoms with E-state index >= 15 is 0 Å². The lowest BCUT2D eigenvalue weighted by Crippen LogP contribution is -2.47. The molecule has 100 valence electrons. The summed E-state index contributed by atoms with van der Waals surface area (Å²) < 4.78 is 5.72. The second kappa shape index (κ2) is 5.78. The molecule has 0 saturated carbocycles. The summed E-state index contributed by atoms with van der Waals surface area (Å²) >= 11 is 0. The number of hydrogen-bond donors (Lipinski definition) is 1. The molecule has 1 aromatic heterocycles. The number of rotatable bonds is 4. The molecule has 2 rings (SSSR count). The second-order valence-electron chi connectivity index (χ2n) is 5.47. The molecule has 4 heteroatoms. The van der Waals surface area contributed by atoms with Crippen LogP contribution in [0.4, 0.5) is 0 Å². The molecule has 0 radical (unpaired) electrons. The molecule has 0 aromatic carbocycles. The van der Waals surface area contributed by atoms with Crippen molar-refractivity contribution in [2.75, 3.05) is 26.7 Å². The van der Waals surface area contributed by atoms with Crippen LogP contribution < -0.4 is 5.32 Å². The van der Waals surface area contributed by atoms with Crippen molar-refractivity contribution in [1.82, 2.24) is 15.2 Å². The van der Waals surface area contributed by atoms with Crippen molar-refractivity contribution in [3.8, 4) is 0 Å². The summed E-state index contributed by atoms with van der Waals surface area (Å²) in [5.41, 5.74) is 2.20. The summed E-state index contributed by atoms with van der Waals surface area (Å²) in [5, 5.41) is 3.13. The van der Waals surface area contributed by atoms with E-state index in [0.29, 0.717) is 0 Å². The highest BCUT2D eigenvalue weighted by Crippen LogP contribution is 2.17. The third kappa shape index (κ3) is 3.77. The van der Waals surface area contributed by atoms with E-state index in [1.54, 1.807) is 0 Å². The van der Waals surface area contributed by atoms with Crippen LogP contribution in [0.5, 0.6) is 0 Å². The van der Waals surface area contributed by atoms with E-state index in [4.69, 9.17) is 4.74 Å². The highest BCUT2D eigenvalue weighted by molar-refractivity contribution is 5.11. The van der Waals surface area contributed by atoms with Crippen molar-refractivity contribution in [1.29, 1.82) is 0 Å². The summed E-state index contributed by atoms with van der Waals surface area (Å²) in [6, 6.07) is 6.24. The Morgan fingerprint density at radius 3 is 2.89 bits per heavy atom. The maximum absolute atomic E-state index is 5.72. The number of aromatic nitrogens is 1. The summed E-state index contributed by atoms with van der Waals surface area (Å²) in [7, 11) is 1.94. The van der Waals surface area contributed by atoms with E-state index in [1.165, 1.54) is 0 Å². The standard InChI is InChI=1S/C14H23N3O/c1-14(2)11-17(7-8-18-14)10-13-6-4-5-12(16-13)9-15-3/h4-6,15H,7-11H2,1-3H3. The van der Waals surface area contributed by atoms with Crippen molar-refractivity contribution in [2.45, 2.75) is 32.5 Å². The minimum Gasteiger partial charge on any atom is -0.373 e. The molecule has 1 N–H and O–H groups in total. The molecule has 0 bridgehead atoms. The monoisotopic (exact) mass is 249 g/mol. The predicted octanol–water partition coefficient (Wildman–Crippen LogP) is 1.41. The minimum absolute atomic E-state index is 0.0408. The molecule has 0 spiro atoms. The quantitative estimate of drug-likeness (QED) is 0.875. The van der Waals surface area contributed by atoms with Gasteiger partial charge in [0.25, 0.3) is 0 Å². The van der Waals surface area contributed by atoms with Gasteiger partial charge in [0.1, 0.15) is 0 Å². The Morgan fingerprint density at radius 1 is 1.39 bits per heavy atom. The first-order valence-electron chi connectivity index (χ1n) is 6.55. The zero-order valence-electron chi connectivity index (χ0n) is 11.6. The van der Waals surface area contributed by atoms with Crippen molar-refractivity contribution < 1.29 is 4.74 Å². The Labute approximate surface area is 109 Å². The fraction of sp³-hybridized carbons (Fsp3) is 0.643. The van der Waals surface area contributed by atoms with Crippen LogP contribution in [-0.4, -0.2) is 42.2 Å². The highest BCUT2D eigenvalue weighted by atomic mass is 16.5. The summed E-state index contributed by atoms with van der Waals surface area (Å²) in [4.78, 5) is 7.07. The van der Waals surface area contributed by atoms with E-state index < -0.39 is 0 Å². The molecule has 0 unspecified atom stereocenters. The van der Waals surface area contributed by atoms with Gasteiger partial charge in [-0.15, -0.1) is 0 Å². The number of ether oxygens (including phenoxy) is 1. The maximum Gasteiger partial charge on any atom is 0.0753 e. The van der Waals surface area contributed by atoms with Gasteiger partial charge in [0.15, 0.2) is 0 Å². The largest absolute Gasteiger partial charge is 0.373 e. The average molecular weight is 249 g/mol. The van der Waals surface area contributed by atoms with E-state index in [2.05, 4.69) is 47.2 Å². The van der Waals surface area contributed by atoms with Crippen LogP contribution in [0, 0.1) is 0 Å². The molecule has 0 aliphatic carbocycles. The highest BCUT2D eigenvalue weighted by Gasteiger charge is 2.27. The first-order chi connectivity index (χ1) is 8.59. The fourth-order valence-corrected chi connectivity index (χ4v) is 2.38. The van der Waals surface area contributed by atoms with Crippen molar-refractivity contribution in [3.63, 3.8) is 0 Å². The smallest absolute Gasteiger partial charge is 0.0753 e. The first-order valence-corrected chi connectivity index (χ1v) is 6.55. The number of morpholine rings is 1. The van der Waals surface area contributed by atoms with Gasteiger partial charge in [-0.2, -0.15) is 0 Å². The average Bonchev–Trinajstić information content (AvgIpc) is 2.28. The third-order valence-electron chi connectivity index (χ3n) is 3.11. The molecule has 1 saturated heterocycles. The van der Waals surface area contributed by atoms with Crippen LogP contribution in [0.25, 0.3) is 0 Å². The molecule has 1 aromatic rings. The molecule has 18 heavy (non-hydrogen) atoms. The van der Waals surface area contributed by atoms with Gasteiger partial charge in [-0.05, 0) is 33.0 Å². The second-order valence-corrected chi connectivity index (χ2v) is 5.47. The van der Waals surface area contributed by atoms with Gasteiger partial charge in [-0.25, -0.2) is 0 Å². The van der Waals surface area contributed by atoms with Gasteiger partial charge in [0.2, 0.25) is 0 Å². The van der Waals surface area contributed by atoms with E-state index in [9.17, 15) is 0 Å². The van der Waals surface area contributed by atoms with E-state index in [1.807, 2.05) is 7.05 Å². The van der Waals surface area contributed by atoms with Crippen molar-refractivity contribution in [2.24, 2.45) is 0 Å². The molecule has 4 nitrogen and oxygen atoms in total. The normalized spacial score (nSPS) is 19.9. The number of nitrogens with zero attached hydrogens (tertiary/aromatic N) is 2. The van der Waals surface area contributed by atoms with Crippen molar-refractivity contribution in [3.05, 3.63) is 29.6 Å². The van der Waals surface area contributed by atoms with E-state index in [0.717, 1.165) is 44.2 Å². The molecule has 2 heterocycles. The number of hydrogen-bond acceptors (Lipinski definition) is 4. The first kappa shape index (κ1) is 13.5. The Balaban J connectivity index is 1.98. The molecule has 0 atom stereocenters. The molecule has 1 fully saturated rings. The number of pyridine rings is 1. The fourth-order valence-electron chi connectivity index (χ4n) is 2.38. The maximum atomic E-state index is 5.72. The Hall–Kier alpha value is -0.970. The van der Waals surface area contributed by atoms with Crippen molar-refractivity contribution >= 4 is 0 Å². The topological polar surface area (TPSA) is 37.4 Å². The van der Waals surface area contributed by atoms with Crippen LogP contribution in [0.3, 0.4) is 0 Å². The van der Waals surface area contributed by atoms with Gasteiger partial charge in [0, 0.05) is 26.2 Å². The molecular formula is C14H23N3O. The van der Waals surface area contributed by atoms with Gasteiger partial charge in [0.05, 0.1) is 23.6 Å². The van der Waals surface area contributed by atoms with Crippen LogP contribution in [0.1, 0.15) is 25.2 Å². The molecule has 1 aliphatic heterocycles. The van der Waals surface area contributed by atoms with Crippen LogP contribution in [0.2, 0.25) is 0 Å². The summed E-state index contributed by atoms with van der Waals surface area (Å²) in [5.74, 6) is 0. The Morgan fingerprint density at radius 2 is 2.17 bits per heavy atom. The zero-order valence-corrected chi connectivity index (χ0v) is 11.6. The lowest BCUT2D eigenvalue weighted by Gasteiger charge is -2.38. The van der Waals surface area contributed by atoms with Crippen LogP contribution in [-0.2, 0) is 17.8 Å². The predicted molar refractivity (Wildman–Crippen MR) is 72.3 cm³/mol. The SMILES string of the molecule is CNCc1cccc(CN2CCOC(C)(C)C2)n1. The van der Waals surface area contributed by atoms with Crippen LogP contribution >= 0.6 is 0 Å².